The van der Waals surface area contributed by atoms with Gasteiger partial charge in [-0.15, -0.1) is 24.0 Å². The summed E-state index contributed by atoms with van der Waals surface area (Å²) < 4.78 is 19.3. The summed E-state index contributed by atoms with van der Waals surface area (Å²) in [6.45, 7) is 7.55. The maximum absolute atomic E-state index is 13.7. The molecule has 1 saturated carbocycles. The Morgan fingerprint density at radius 2 is 2.15 bits per heavy atom. The topological polar surface area (TPSA) is 65.9 Å². The van der Waals surface area contributed by atoms with E-state index in [1.54, 1.807) is 30.0 Å². The number of nitrogens with zero attached hydrogens (tertiary/aromatic N) is 1. The minimum Gasteiger partial charge on any atom is -0.486 e. The van der Waals surface area contributed by atoms with Crippen LogP contribution in [0.1, 0.15) is 33.6 Å². The molecule has 8 heteroatoms. The quantitative estimate of drug-likeness (QED) is 0.270. The molecule has 3 unspecified atom stereocenters. The van der Waals surface area contributed by atoms with E-state index in [1.807, 2.05) is 13.8 Å². The van der Waals surface area contributed by atoms with Gasteiger partial charge in [0, 0.05) is 11.8 Å². The Hall–Kier alpha value is -0.740. The van der Waals surface area contributed by atoms with E-state index in [1.165, 1.54) is 6.07 Å². The normalized spacial score (nSPS) is 23.0. The number of aliphatic imine (C=N–C) groups is 1. The lowest BCUT2D eigenvalue weighted by Crippen LogP contribution is -2.53. The van der Waals surface area contributed by atoms with Gasteiger partial charge >= 0.3 is 0 Å². The number of benzene rings is 1. The van der Waals surface area contributed by atoms with Crippen molar-refractivity contribution in [1.82, 2.24) is 10.6 Å². The second-order valence-corrected chi connectivity index (χ2v) is 8.00. The van der Waals surface area contributed by atoms with Crippen molar-refractivity contribution in [2.75, 3.05) is 25.4 Å². The first-order valence-corrected chi connectivity index (χ1v) is 10.3. The van der Waals surface area contributed by atoms with Gasteiger partial charge in [0.15, 0.2) is 17.5 Å². The monoisotopic (exact) mass is 511 g/mol. The van der Waals surface area contributed by atoms with Gasteiger partial charge in [-0.05, 0) is 44.6 Å². The van der Waals surface area contributed by atoms with E-state index in [0.29, 0.717) is 19.0 Å². The standard InChI is InChI=1S/C19H30FN3O2S.HI/c1-4-21-18(23-13-19(24)11-10-17(19)26-5-2)22-12-14(3)25-16-9-7-6-8-15(16)20;/h6-9,14,17,24H,4-5,10-13H2,1-3H3,(H2,21,22,23);1H. The molecule has 0 aliphatic heterocycles. The Bertz CT molecular complexity index is 608. The Morgan fingerprint density at radius 3 is 2.74 bits per heavy atom. The lowest BCUT2D eigenvalue weighted by atomic mass is 9.79. The smallest absolute Gasteiger partial charge is 0.191 e. The van der Waals surface area contributed by atoms with E-state index in [-0.39, 0.29) is 46.9 Å². The number of guanidine groups is 1. The molecule has 1 aliphatic rings. The SMILES string of the molecule is CCNC(=NCC1(O)CCC1SCC)NCC(C)Oc1ccccc1F.I. The van der Waals surface area contributed by atoms with Crippen LogP contribution in [0.15, 0.2) is 29.3 Å². The van der Waals surface area contributed by atoms with Gasteiger partial charge in [-0.3, -0.25) is 4.99 Å². The third kappa shape index (κ3) is 7.30. The van der Waals surface area contributed by atoms with Gasteiger partial charge in [-0.1, -0.05) is 19.1 Å². The van der Waals surface area contributed by atoms with Gasteiger partial charge in [0.1, 0.15) is 6.10 Å². The summed E-state index contributed by atoms with van der Waals surface area (Å²) in [4.78, 5) is 4.54. The van der Waals surface area contributed by atoms with Crippen molar-refractivity contribution in [3.05, 3.63) is 30.1 Å². The van der Waals surface area contributed by atoms with E-state index in [9.17, 15) is 9.50 Å². The van der Waals surface area contributed by atoms with Crippen LogP contribution in [-0.2, 0) is 0 Å². The van der Waals surface area contributed by atoms with Crippen LogP contribution in [0, 0.1) is 5.82 Å². The average molecular weight is 511 g/mol. The number of nitrogens with one attached hydrogen (secondary N) is 2. The van der Waals surface area contributed by atoms with Crippen molar-refractivity contribution in [3.8, 4) is 5.75 Å². The average Bonchev–Trinajstić information content (AvgIpc) is 2.62. The lowest BCUT2D eigenvalue weighted by Gasteiger charge is -2.44. The summed E-state index contributed by atoms with van der Waals surface area (Å²) in [6, 6.07) is 6.37. The predicted octanol–water partition coefficient (Wildman–Crippen LogP) is 3.41. The van der Waals surface area contributed by atoms with Crippen LogP contribution in [0.2, 0.25) is 0 Å². The molecule has 0 saturated heterocycles. The van der Waals surface area contributed by atoms with Crippen LogP contribution in [-0.4, -0.2) is 53.4 Å². The highest BCUT2D eigenvalue weighted by atomic mass is 127. The molecular weight excluding hydrogens is 480 g/mol. The van der Waals surface area contributed by atoms with Crippen LogP contribution < -0.4 is 15.4 Å². The minimum atomic E-state index is -0.710. The van der Waals surface area contributed by atoms with Crippen molar-refractivity contribution < 1.29 is 14.2 Å². The van der Waals surface area contributed by atoms with Crippen molar-refractivity contribution in [1.29, 1.82) is 0 Å². The van der Waals surface area contributed by atoms with Crippen LogP contribution in [0.3, 0.4) is 0 Å². The lowest BCUT2D eigenvalue weighted by molar-refractivity contribution is -0.0154. The number of aliphatic hydroxyl groups is 1. The molecule has 0 amide bonds. The molecule has 5 nitrogen and oxygen atoms in total. The molecule has 0 aromatic heterocycles. The van der Waals surface area contributed by atoms with Crippen LogP contribution in [0.25, 0.3) is 0 Å². The van der Waals surface area contributed by atoms with Crippen molar-refractivity contribution in [2.45, 2.75) is 50.6 Å². The van der Waals surface area contributed by atoms with Crippen LogP contribution in [0.5, 0.6) is 5.75 Å². The Kier molecular flexibility index (Phi) is 10.8. The number of ether oxygens (including phenoxy) is 1. The second kappa shape index (κ2) is 12.0. The fourth-order valence-electron chi connectivity index (χ4n) is 2.81. The van der Waals surface area contributed by atoms with E-state index < -0.39 is 5.60 Å². The Morgan fingerprint density at radius 1 is 1.41 bits per heavy atom. The number of hydrogen-bond donors (Lipinski definition) is 3. The fraction of sp³-hybridized carbons (Fsp3) is 0.632. The molecule has 3 atom stereocenters. The molecular formula is C19H31FIN3O2S. The third-order valence-electron chi connectivity index (χ3n) is 4.38. The largest absolute Gasteiger partial charge is 0.486 e. The molecule has 2 rings (SSSR count). The predicted molar refractivity (Wildman–Crippen MR) is 122 cm³/mol. The van der Waals surface area contributed by atoms with E-state index in [4.69, 9.17) is 4.74 Å². The summed E-state index contributed by atoms with van der Waals surface area (Å²) >= 11 is 1.80. The molecule has 1 fully saturated rings. The van der Waals surface area contributed by atoms with E-state index in [0.717, 1.165) is 25.1 Å². The summed E-state index contributed by atoms with van der Waals surface area (Å²) in [6.07, 6.45) is 1.61. The number of hydrogen-bond acceptors (Lipinski definition) is 4. The van der Waals surface area contributed by atoms with Gasteiger partial charge in [0.25, 0.3) is 0 Å². The Balaban J connectivity index is 0.00000364. The fourth-order valence-corrected chi connectivity index (χ4v) is 4.00. The molecule has 0 radical (unpaired) electrons. The third-order valence-corrected chi connectivity index (χ3v) is 5.79. The molecule has 0 spiro atoms. The van der Waals surface area contributed by atoms with Crippen LogP contribution >= 0.6 is 35.7 Å². The van der Waals surface area contributed by atoms with Gasteiger partial charge in [-0.2, -0.15) is 11.8 Å². The van der Waals surface area contributed by atoms with Crippen molar-refractivity contribution in [3.63, 3.8) is 0 Å². The molecule has 3 N–H and O–H groups in total. The molecule has 1 aliphatic carbocycles. The molecule has 154 valence electrons. The van der Waals surface area contributed by atoms with Crippen molar-refractivity contribution in [2.24, 2.45) is 4.99 Å². The van der Waals surface area contributed by atoms with Crippen molar-refractivity contribution >= 4 is 41.7 Å². The number of para-hydroxylation sites is 1. The molecule has 1 aromatic carbocycles. The van der Waals surface area contributed by atoms with Gasteiger partial charge in [0.2, 0.25) is 0 Å². The first kappa shape index (κ1) is 24.3. The molecule has 27 heavy (non-hydrogen) atoms. The first-order valence-electron chi connectivity index (χ1n) is 9.25. The van der Waals surface area contributed by atoms with Gasteiger partial charge in [0.05, 0.1) is 18.7 Å². The van der Waals surface area contributed by atoms with E-state index in [2.05, 4.69) is 22.5 Å². The highest BCUT2D eigenvalue weighted by molar-refractivity contribution is 14.0. The van der Waals surface area contributed by atoms with Gasteiger partial charge in [-0.25, -0.2) is 4.39 Å². The second-order valence-electron chi connectivity index (χ2n) is 6.52. The zero-order valence-corrected chi connectivity index (χ0v) is 19.4. The zero-order chi connectivity index (χ0) is 19.0. The minimum absolute atomic E-state index is 0. The summed E-state index contributed by atoms with van der Waals surface area (Å²) in [7, 11) is 0. The maximum Gasteiger partial charge on any atom is 0.191 e. The maximum atomic E-state index is 13.7. The molecule has 0 bridgehead atoms. The molecule has 0 heterocycles. The van der Waals surface area contributed by atoms with Crippen LogP contribution in [0.4, 0.5) is 4.39 Å². The number of halogens is 2. The molecule has 1 aromatic rings. The zero-order valence-electron chi connectivity index (χ0n) is 16.2. The van der Waals surface area contributed by atoms with E-state index >= 15 is 0 Å². The highest BCUT2D eigenvalue weighted by Gasteiger charge is 2.45. The summed E-state index contributed by atoms with van der Waals surface area (Å²) in [5, 5.41) is 17.3. The summed E-state index contributed by atoms with van der Waals surface area (Å²) in [5.41, 5.74) is -0.710. The number of rotatable bonds is 9. The first-order chi connectivity index (χ1) is 12.5. The number of thioether (sulfide) groups is 1. The summed E-state index contributed by atoms with van der Waals surface area (Å²) in [5.74, 6) is 1.51. The highest BCUT2D eigenvalue weighted by Crippen LogP contribution is 2.41. The van der Waals surface area contributed by atoms with Gasteiger partial charge < -0.3 is 20.5 Å². The Labute approximate surface area is 183 Å².